The number of pyridine rings is 1. The number of nitrogens with zero attached hydrogens (tertiary/aromatic N) is 3. The summed E-state index contributed by atoms with van der Waals surface area (Å²) in [4.78, 5) is 45.4. The van der Waals surface area contributed by atoms with Gasteiger partial charge in [-0.2, -0.15) is 0 Å². The molecular weight excluding hydrogens is 417 g/mol. The molecule has 2 fully saturated rings. The topological polar surface area (TPSA) is 70.6 Å². The van der Waals surface area contributed by atoms with E-state index in [1.54, 1.807) is 30.6 Å². The third-order valence-electron chi connectivity index (χ3n) is 5.48. The number of imide groups is 1. The Morgan fingerprint density at radius 1 is 1.19 bits per heavy atom. The van der Waals surface area contributed by atoms with E-state index in [0.717, 1.165) is 41.5 Å². The van der Waals surface area contributed by atoms with Gasteiger partial charge in [0, 0.05) is 31.9 Å². The molecular formula is C23H22FN3O3S. The molecule has 6 nitrogen and oxygen atoms in total. The number of benzene rings is 1. The van der Waals surface area contributed by atoms with Crippen LogP contribution in [0.1, 0.15) is 42.9 Å². The number of rotatable bonds is 5. The van der Waals surface area contributed by atoms with E-state index in [1.807, 2.05) is 17.0 Å². The third kappa shape index (κ3) is 4.85. The number of thioether (sulfide) groups is 1. The Morgan fingerprint density at radius 3 is 2.74 bits per heavy atom. The Morgan fingerprint density at radius 2 is 2.00 bits per heavy atom. The van der Waals surface area contributed by atoms with Crippen LogP contribution in [0.25, 0.3) is 6.08 Å². The Bertz CT molecular complexity index is 1010. The quantitative estimate of drug-likeness (QED) is 0.646. The summed E-state index contributed by atoms with van der Waals surface area (Å²) in [6, 6.07) is 9.49. The highest BCUT2D eigenvalue weighted by Gasteiger charge is 2.36. The molecule has 1 unspecified atom stereocenters. The van der Waals surface area contributed by atoms with Crippen LogP contribution in [0, 0.1) is 5.82 Å². The predicted molar refractivity (Wildman–Crippen MR) is 116 cm³/mol. The van der Waals surface area contributed by atoms with Crippen LogP contribution in [-0.2, 0) is 9.59 Å². The zero-order valence-corrected chi connectivity index (χ0v) is 17.7. The lowest BCUT2D eigenvalue weighted by molar-refractivity contribution is -0.135. The zero-order chi connectivity index (χ0) is 21.8. The number of aromatic nitrogens is 1. The molecule has 0 aliphatic carbocycles. The number of amides is 3. The van der Waals surface area contributed by atoms with Gasteiger partial charge in [0.1, 0.15) is 5.82 Å². The first kappa shape index (κ1) is 21.2. The molecule has 2 aromatic rings. The fourth-order valence-corrected chi connectivity index (χ4v) is 4.77. The molecule has 2 aliphatic heterocycles. The average molecular weight is 440 g/mol. The van der Waals surface area contributed by atoms with Crippen molar-refractivity contribution < 1.29 is 18.8 Å². The molecule has 4 rings (SSSR count). The third-order valence-corrected chi connectivity index (χ3v) is 6.39. The molecule has 1 atom stereocenters. The van der Waals surface area contributed by atoms with Crippen LogP contribution in [0.15, 0.2) is 53.7 Å². The van der Waals surface area contributed by atoms with E-state index in [-0.39, 0.29) is 35.6 Å². The van der Waals surface area contributed by atoms with Crippen molar-refractivity contribution in [2.24, 2.45) is 0 Å². The van der Waals surface area contributed by atoms with Crippen molar-refractivity contribution in [1.29, 1.82) is 0 Å². The molecule has 0 radical (unpaired) electrons. The molecule has 31 heavy (non-hydrogen) atoms. The lowest BCUT2D eigenvalue weighted by Crippen LogP contribution is -2.40. The largest absolute Gasteiger partial charge is 0.336 e. The number of carbonyl (C=O) groups is 3. The molecule has 0 bridgehead atoms. The molecule has 8 heteroatoms. The molecule has 2 saturated heterocycles. The lowest BCUT2D eigenvalue weighted by Gasteiger charge is -2.36. The van der Waals surface area contributed by atoms with Crippen molar-refractivity contribution in [3.63, 3.8) is 0 Å². The van der Waals surface area contributed by atoms with Gasteiger partial charge in [-0.05, 0) is 66.4 Å². The van der Waals surface area contributed by atoms with Gasteiger partial charge in [0.05, 0.1) is 10.9 Å². The van der Waals surface area contributed by atoms with Gasteiger partial charge in [-0.1, -0.05) is 18.2 Å². The Labute approximate surface area is 184 Å². The van der Waals surface area contributed by atoms with E-state index < -0.39 is 11.1 Å². The van der Waals surface area contributed by atoms with Crippen molar-refractivity contribution in [2.45, 2.75) is 31.7 Å². The van der Waals surface area contributed by atoms with Crippen LogP contribution in [-0.4, -0.2) is 44.9 Å². The van der Waals surface area contributed by atoms with Gasteiger partial charge >= 0.3 is 0 Å². The lowest BCUT2D eigenvalue weighted by atomic mass is 9.96. The summed E-state index contributed by atoms with van der Waals surface area (Å²) in [6.45, 7) is 0.700. The normalized spacial score (nSPS) is 20.5. The van der Waals surface area contributed by atoms with Crippen LogP contribution in [0.3, 0.4) is 0 Å². The summed E-state index contributed by atoms with van der Waals surface area (Å²) < 4.78 is 13.1. The van der Waals surface area contributed by atoms with Crippen LogP contribution in [0.4, 0.5) is 9.18 Å². The number of piperidine rings is 1. The van der Waals surface area contributed by atoms with Crippen molar-refractivity contribution in [2.75, 3.05) is 13.1 Å². The molecule has 3 heterocycles. The van der Waals surface area contributed by atoms with Crippen molar-refractivity contribution in [3.05, 3.63) is 70.6 Å². The SMILES string of the molecule is O=C1SC(=Cc2ccc(F)cc2)C(=O)N1CCC(=O)N1CCCCC1c1cccnc1. The molecule has 1 aromatic carbocycles. The summed E-state index contributed by atoms with van der Waals surface area (Å²) in [5, 5.41) is -0.395. The number of hydrogen-bond donors (Lipinski definition) is 0. The fraction of sp³-hybridized carbons (Fsp3) is 0.304. The standard InChI is InChI=1S/C23H22FN3O3S/c24-18-8-6-16(7-9-18)14-20-22(29)27(23(30)31-20)13-10-21(28)26-12-2-1-5-19(26)17-4-3-11-25-15-17/h3-4,6-9,11,14-15,19H,1-2,5,10,12-13H2. The Balaban J connectivity index is 1.41. The number of likely N-dealkylation sites (tertiary alicyclic amines) is 1. The predicted octanol–water partition coefficient (Wildman–Crippen LogP) is 4.40. The van der Waals surface area contributed by atoms with E-state index >= 15 is 0 Å². The van der Waals surface area contributed by atoms with E-state index in [2.05, 4.69) is 4.98 Å². The molecule has 2 aliphatic rings. The highest BCUT2D eigenvalue weighted by molar-refractivity contribution is 8.18. The van der Waals surface area contributed by atoms with Crippen LogP contribution >= 0.6 is 11.8 Å². The molecule has 0 saturated carbocycles. The second-order valence-electron chi connectivity index (χ2n) is 7.52. The van der Waals surface area contributed by atoms with E-state index in [0.29, 0.717) is 12.1 Å². The summed E-state index contributed by atoms with van der Waals surface area (Å²) in [5.41, 5.74) is 1.64. The van der Waals surface area contributed by atoms with Gasteiger partial charge in [0.2, 0.25) is 5.91 Å². The number of halogens is 1. The first-order valence-corrected chi connectivity index (χ1v) is 11.0. The maximum atomic E-state index is 13.1. The van der Waals surface area contributed by atoms with Gasteiger partial charge in [-0.3, -0.25) is 24.3 Å². The van der Waals surface area contributed by atoms with Crippen molar-refractivity contribution in [1.82, 2.24) is 14.8 Å². The van der Waals surface area contributed by atoms with E-state index in [1.165, 1.54) is 12.1 Å². The molecule has 0 N–H and O–H groups in total. The highest BCUT2D eigenvalue weighted by atomic mass is 32.2. The van der Waals surface area contributed by atoms with Gasteiger partial charge in [0.15, 0.2) is 0 Å². The number of hydrogen-bond acceptors (Lipinski definition) is 5. The second kappa shape index (κ2) is 9.43. The summed E-state index contributed by atoms with van der Waals surface area (Å²) in [6.07, 6.45) is 7.99. The van der Waals surface area contributed by atoms with E-state index in [4.69, 9.17) is 0 Å². The van der Waals surface area contributed by atoms with Gasteiger partial charge < -0.3 is 4.90 Å². The van der Waals surface area contributed by atoms with Gasteiger partial charge in [0.25, 0.3) is 11.1 Å². The van der Waals surface area contributed by atoms with Gasteiger partial charge in [-0.25, -0.2) is 4.39 Å². The first-order valence-electron chi connectivity index (χ1n) is 10.2. The minimum Gasteiger partial charge on any atom is -0.336 e. The monoisotopic (exact) mass is 439 g/mol. The minimum absolute atomic E-state index is 0.0248. The Kier molecular flexibility index (Phi) is 6.46. The second-order valence-corrected chi connectivity index (χ2v) is 8.51. The fourth-order valence-electron chi connectivity index (χ4n) is 3.90. The van der Waals surface area contributed by atoms with E-state index in [9.17, 15) is 18.8 Å². The van der Waals surface area contributed by atoms with Crippen molar-refractivity contribution in [3.8, 4) is 0 Å². The smallest absolute Gasteiger partial charge is 0.293 e. The van der Waals surface area contributed by atoms with Crippen LogP contribution in [0.5, 0.6) is 0 Å². The van der Waals surface area contributed by atoms with Crippen molar-refractivity contribution >= 4 is 34.9 Å². The maximum absolute atomic E-state index is 13.1. The maximum Gasteiger partial charge on any atom is 0.293 e. The minimum atomic E-state index is -0.422. The first-order chi connectivity index (χ1) is 15.0. The highest BCUT2D eigenvalue weighted by Crippen LogP contribution is 2.34. The molecule has 160 valence electrons. The van der Waals surface area contributed by atoms with Crippen LogP contribution < -0.4 is 0 Å². The molecule has 1 aromatic heterocycles. The summed E-state index contributed by atoms with van der Waals surface area (Å²) >= 11 is 0.837. The summed E-state index contributed by atoms with van der Waals surface area (Å²) in [7, 11) is 0. The molecule has 3 amide bonds. The zero-order valence-electron chi connectivity index (χ0n) is 16.9. The van der Waals surface area contributed by atoms with Gasteiger partial charge in [-0.15, -0.1) is 0 Å². The summed E-state index contributed by atoms with van der Waals surface area (Å²) in [5.74, 6) is -0.865. The Hall–Kier alpha value is -3.00. The average Bonchev–Trinajstić information content (AvgIpc) is 3.06. The molecule has 0 spiro atoms. The van der Waals surface area contributed by atoms with Crippen LogP contribution in [0.2, 0.25) is 0 Å². The number of carbonyl (C=O) groups excluding carboxylic acids is 3.